The zero-order chi connectivity index (χ0) is 17.6. The molecule has 4 rings (SSSR count). The molecule has 0 aromatic heterocycles. The van der Waals surface area contributed by atoms with Gasteiger partial charge in [0, 0.05) is 37.1 Å². The Kier molecular flexibility index (Phi) is 4.36. The zero-order valence-electron chi connectivity index (χ0n) is 14.4. The second kappa shape index (κ2) is 6.52. The van der Waals surface area contributed by atoms with Gasteiger partial charge in [0.1, 0.15) is 5.75 Å². The minimum atomic E-state index is -0.0235. The van der Waals surface area contributed by atoms with Gasteiger partial charge in [0.05, 0.1) is 12.7 Å². The molecular formula is C19H23ClN2O3. The van der Waals surface area contributed by atoms with Crippen molar-refractivity contribution < 1.29 is 14.3 Å². The molecule has 3 atom stereocenters. The van der Waals surface area contributed by atoms with Crippen molar-refractivity contribution in [3.05, 3.63) is 28.8 Å². The third-order valence-corrected chi connectivity index (χ3v) is 6.09. The number of piperidine rings is 3. The number of carbonyl (C=O) groups is 2. The number of amides is 2. The van der Waals surface area contributed by atoms with Crippen LogP contribution in [0.3, 0.4) is 0 Å². The quantitative estimate of drug-likeness (QED) is 0.812. The molecule has 3 saturated heterocycles. The fourth-order valence-electron chi connectivity index (χ4n) is 4.79. The van der Waals surface area contributed by atoms with Crippen LogP contribution in [0, 0.1) is 11.8 Å². The van der Waals surface area contributed by atoms with Gasteiger partial charge in [-0.2, -0.15) is 0 Å². The average molecular weight is 363 g/mol. The van der Waals surface area contributed by atoms with Crippen LogP contribution in [0.4, 0.5) is 0 Å². The van der Waals surface area contributed by atoms with Crippen LogP contribution >= 0.6 is 11.6 Å². The molecule has 3 fully saturated rings. The lowest BCUT2D eigenvalue weighted by atomic mass is 9.76. The molecule has 2 bridgehead atoms. The summed E-state index contributed by atoms with van der Waals surface area (Å²) in [5.74, 6) is 1.57. The molecule has 1 aromatic rings. The van der Waals surface area contributed by atoms with E-state index in [1.165, 1.54) is 0 Å². The van der Waals surface area contributed by atoms with Gasteiger partial charge in [0.25, 0.3) is 5.91 Å². The van der Waals surface area contributed by atoms with Gasteiger partial charge in [-0.25, -0.2) is 0 Å². The van der Waals surface area contributed by atoms with Crippen LogP contribution in [0.15, 0.2) is 18.2 Å². The summed E-state index contributed by atoms with van der Waals surface area (Å²) < 4.78 is 5.35. The van der Waals surface area contributed by atoms with Gasteiger partial charge >= 0.3 is 0 Å². The van der Waals surface area contributed by atoms with Gasteiger partial charge in [0.15, 0.2) is 0 Å². The fourth-order valence-corrected chi connectivity index (χ4v) is 4.97. The van der Waals surface area contributed by atoms with Crippen molar-refractivity contribution in [2.75, 3.05) is 26.7 Å². The number of hydrogen-bond acceptors (Lipinski definition) is 3. The van der Waals surface area contributed by atoms with Crippen molar-refractivity contribution in [3.8, 4) is 5.75 Å². The van der Waals surface area contributed by atoms with E-state index in [9.17, 15) is 9.59 Å². The summed E-state index contributed by atoms with van der Waals surface area (Å²) in [6.45, 7) is 2.19. The maximum absolute atomic E-state index is 13.1. The number of carbonyl (C=O) groups excluding carboxylic acids is 2. The number of benzene rings is 1. The Hall–Kier alpha value is -1.75. The van der Waals surface area contributed by atoms with E-state index in [1.54, 1.807) is 25.3 Å². The number of likely N-dealkylation sites (tertiary alicyclic amines) is 1. The van der Waals surface area contributed by atoms with Gasteiger partial charge in [0.2, 0.25) is 5.91 Å². The van der Waals surface area contributed by atoms with Gasteiger partial charge in [-0.1, -0.05) is 11.6 Å². The molecule has 0 saturated carbocycles. The molecule has 0 radical (unpaired) electrons. The Morgan fingerprint density at radius 2 is 2.12 bits per heavy atom. The van der Waals surface area contributed by atoms with Gasteiger partial charge < -0.3 is 14.5 Å². The van der Waals surface area contributed by atoms with Crippen LogP contribution < -0.4 is 4.74 Å². The maximum atomic E-state index is 13.1. The molecule has 5 nitrogen and oxygen atoms in total. The highest BCUT2D eigenvalue weighted by molar-refractivity contribution is 6.31. The summed E-state index contributed by atoms with van der Waals surface area (Å²) in [6.07, 6.45) is 3.83. The number of ether oxygens (including phenoxy) is 1. The Morgan fingerprint density at radius 3 is 2.92 bits per heavy atom. The van der Waals surface area contributed by atoms with Crippen LogP contribution in [0.25, 0.3) is 0 Å². The van der Waals surface area contributed by atoms with Crippen molar-refractivity contribution in [2.24, 2.45) is 11.8 Å². The lowest BCUT2D eigenvalue weighted by Gasteiger charge is -2.52. The monoisotopic (exact) mass is 362 g/mol. The van der Waals surface area contributed by atoms with Crippen LogP contribution in [-0.4, -0.2) is 54.4 Å². The smallest absolute Gasteiger partial charge is 0.257 e. The van der Waals surface area contributed by atoms with Crippen LogP contribution in [0.5, 0.6) is 5.75 Å². The molecular weight excluding hydrogens is 340 g/mol. The lowest BCUT2D eigenvalue weighted by molar-refractivity contribution is -0.144. The van der Waals surface area contributed by atoms with E-state index in [-0.39, 0.29) is 5.91 Å². The minimum Gasteiger partial charge on any atom is -0.496 e. The highest BCUT2D eigenvalue weighted by atomic mass is 35.5. The second-order valence-corrected chi connectivity index (χ2v) is 7.86. The van der Waals surface area contributed by atoms with E-state index >= 15 is 0 Å². The molecule has 0 aliphatic carbocycles. The molecule has 0 spiro atoms. The highest BCUT2D eigenvalue weighted by Crippen LogP contribution is 2.38. The molecule has 3 aliphatic heterocycles. The molecule has 3 heterocycles. The molecule has 134 valence electrons. The number of rotatable bonds is 2. The van der Waals surface area contributed by atoms with Crippen molar-refractivity contribution >= 4 is 23.4 Å². The number of nitrogens with zero attached hydrogens (tertiary/aromatic N) is 2. The first-order valence-electron chi connectivity index (χ1n) is 8.99. The second-order valence-electron chi connectivity index (χ2n) is 7.42. The molecule has 0 unspecified atom stereocenters. The first kappa shape index (κ1) is 16.7. The topological polar surface area (TPSA) is 49.9 Å². The first-order chi connectivity index (χ1) is 12.1. The SMILES string of the molecule is COc1ccc(Cl)cc1C(=O)N1C[C@H]2C[C@H](C1)[C@H]1CCCC(=O)N1C2. The average Bonchev–Trinajstić information content (AvgIpc) is 2.62. The summed E-state index contributed by atoms with van der Waals surface area (Å²) in [7, 11) is 1.57. The Labute approximate surface area is 152 Å². The van der Waals surface area contributed by atoms with E-state index in [4.69, 9.17) is 16.3 Å². The maximum Gasteiger partial charge on any atom is 0.257 e. The number of hydrogen-bond donors (Lipinski definition) is 0. The predicted molar refractivity (Wildman–Crippen MR) is 94.9 cm³/mol. The van der Waals surface area contributed by atoms with E-state index < -0.39 is 0 Å². The number of methoxy groups -OCH3 is 1. The summed E-state index contributed by atoms with van der Waals surface area (Å²) >= 11 is 6.09. The van der Waals surface area contributed by atoms with E-state index in [0.717, 1.165) is 25.8 Å². The first-order valence-corrected chi connectivity index (χ1v) is 9.37. The molecule has 3 aliphatic rings. The standard InChI is InChI=1S/C19H23ClN2O3/c1-25-17-6-5-14(20)8-15(17)19(24)21-9-12-7-13(11-21)16-3-2-4-18(23)22(16)10-12/h5-6,8,12-13,16H,2-4,7,9-11H2,1H3/t12-,13-,16-/m1/s1. The Morgan fingerprint density at radius 1 is 1.28 bits per heavy atom. The zero-order valence-corrected chi connectivity index (χ0v) is 15.2. The molecule has 1 aromatic carbocycles. The largest absolute Gasteiger partial charge is 0.496 e. The Balaban J connectivity index is 1.56. The summed E-state index contributed by atoms with van der Waals surface area (Å²) in [5, 5.41) is 0.533. The van der Waals surface area contributed by atoms with Gasteiger partial charge in [-0.15, -0.1) is 0 Å². The van der Waals surface area contributed by atoms with Gasteiger partial charge in [-0.05, 0) is 49.3 Å². The third-order valence-electron chi connectivity index (χ3n) is 5.86. The van der Waals surface area contributed by atoms with Crippen molar-refractivity contribution in [1.82, 2.24) is 9.80 Å². The Bertz CT molecular complexity index is 708. The summed E-state index contributed by atoms with van der Waals surface area (Å²) in [6, 6.07) is 5.45. The van der Waals surface area contributed by atoms with Crippen molar-refractivity contribution in [2.45, 2.75) is 31.7 Å². The number of fused-ring (bicyclic) bond motifs is 4. The normalized spacial score (nSPS) is 28.6. The minimum absolute atomic E-state index is 0.0235. The van der Waals surface area contributed by atoms with Crippen LogP contribution in [0.2, 0.25) is 5.02 Å². The number of halogens is 1. The van der Waals surface area contributed by atoms with Crippen molar-refractivity contribution in [3.63, 3.8) is 0 Å². The van der Waals surface area contributed by atoms with E-state index in [0.29, 0.717) is 59.6 Å². The third kappa shape index (κ3) is 2.99. The van der Waals surface area contributed by atoms with E-state index in [2.05, 4.69) is 4.90 Å². The van der Waals surface area contributed by atoms with E-state index in [1.807, 2.05) is 4.90 Å². The highest BCUT2D eigenvalue weighted by Gasteiger charge is 2.45. The summed E-state index contributed by atoms with van der Waals surface area (Å²) in [4.78, 5) is 29.3. The molecule has 6 heteroatoms. The van der Waals surface area contributed by atoms with Crippen molar-refractivity contribution in [1.29, 1.82) is 0 Å². The van der Waals surface area contributed by atoms with Crippen LogP contribution in [0.1, 0.15) is 36.0 Å². The van der Waals surface area contributed by atoms with Gasteiger partial charge in [-0.3, -0.25) is 9.59 Å². The molecule has 2 amide bonds. The predicted octanol–water partition coefficient (Wildman–Crippen LogP) is 2.82. The lowest BCUT2D eigenvalue weighted by Crippen LogP contribution is -2.61. The van der Waals surface area contributed by atoms with Crippen LogP contribution in [-0.2, 0) is 4.79 Å². The molecule has 25 heavy (non-hydrogen) atoms. The summed E-state index contributed by atoms with van der Waals surface area (Å²) in [5.41, 5.74) is 0.520. The molecule has 0 N–H and O–H groups in total. The fraction of sp³-hybridized carbons (Fsp3) is 0.579.